The zero-order valence-electron chi connectivity index (χ0n) is 14.4. The number of hydrogen-bond donors (Lipinski definition) is 1. The van der Waals surface area contributed by atoms with E-state index in [4.69, 9.17) is 11.6 Å². The molecule has 24 heavy (non-hydrogen) atoms. The molecule has 1 aliphatic rings. The second-order valence-corrected chi connectivity index (χ2v) is 7.13. The normalized spacial score (nSPS) is 15.0. The fourth-order valence-electron chi connectivity index (χ4n) is 3.19. The third kappa shape index (κ3) is 3.42. The molecule has 0 amide bonds. The lowest BCUT2D eigenvalue weighted by atomic mass is 9.99. The molecule has 0 saturated carbocycles. The van der Waals surface area contributed by atoms with Crippen molar-refractivity contribution >= 4 is 34.9 Å². The van der Waals surface area contributed by atoms with E-state index in [2.05, 4.69) is 66.1 Å². The summed E-state index contributed by atoms with van der Waals surface area (Å²) in [5.41, 5.74) is 7.25. The highest BCUT2D eigenvalue weighted by molar-refractivity contribution is 7.99. The first-order valence-corrected chi connectivity index (χ1v) is 9.87. The van der Waals surface area contributed by atoms with Crippen LogP contribution in [0.25, 0.3) is 16.8 Å². The number of fused-ring (bicyclic) bond motifs is 1. The highest BCUT2D eigenvalue weighted by atomic mass is 35.5. The fraction of sp³-hybridized carbons (Fsp3) is 0.300. The Hall–Kier alpha value is -1.58. The van der Waals surface area contributed by atoms with E-state index in [-0.39, 0.29) is 0 Å². The maximum atomic E-state index is 6.68. The molecule has 0 unspecified atom stereocenters. The van der Waals surface area contributed by atoms with Crippen molar-refractivity contribution in [3.05, 3.63) is 58.6 Å². The number of benzene rings is 2. The first-order valence-electron chi connectivity index (χ1n) is 8.27. The monoisotopic (exact) mass is 358 g/mol. The Morgan fingerprint density at radius 2 is 2.08 bits per heavy atom. The quantitative estimate of drug-likeness (QED) is 0.633. The van der Waals surface area contributed by atoms with Gasteiger partial charge in [0, 0.05) is 36.8 Å². The van der Waals surface area contributed by atoms with Gasteiger partial charge in [0.1, 0.15) is 0 Å². The summed E-state index contributed by atoms with van der Waals surface area (Å²) in [4.78, 5) is 2.29. The lowest BCUT2D eigenvalue weighted by Crippen LogP contribution is -2.07. The predicted octanol–water partition coefficient (Wildman–Crippen LogP) is 6.28. The Morgan fingerprint density at radius 1 is 1.25 bits per heavy atom. The molecule has 2 nitrogen and oxygen atoms in total. The first-order chi connectivity index (χ1) is 11.6. The van der Waals surface area contributed by atoms with Crippen LogP contribution in [0.2, 0.25) is 5.02 Å². The van der Waals surface area contributed by atoms with Gasteiger partial charge in [0.05, 0.1) is 5.02 Å². The third-order valence-corrected chi connectivity index (χ3v) is 5.03. The molecule has 0 atom stereocenters. The molecule has 1 N–H and O–H groups in total. The van der Waals surface area contributed by atoms with Gasteiger partial charge in [-0.05, 0) is 47.4 Å². The van der Waals surface area contributed by atoms with Crippen LogP contribution in [0, 0.1) is 0 Å². The van der Waals surface area contributed by atoms with Crippen molar-refractivity contribution in [2.75, 3.05) is 18.0 Å². The van der Waals surface area contributed by atoms with Gasteiger partial charge in [-0.2, -0.15) is 0 Å². The summed E-state index contributed by atoms with van der Waals surface area (Å²) in [6.07, 6.45) is 6.57. The Morgan fingerprint density at radius 3 is 2.83 bits per heavy atom. The van der Waals surface area contributed by atoms with E-state index < -0.39 is 0 Å². The molecule has 2 aromatic rings. The third-order valence-electron chi connectivity index (χ3n) is 4.29. The molecule has 0 bridgehead atoms. The predicted molar refractivity (Wildman–Crippen MR) is 108 cm³/mol. The number of halogens is 1. The van der Waals surface area contributed by atoms with Crippen molar-refractivity contribution in [2.24, 2.45) is 0 Å². The van der Waals surface area contributed by atoms with Crippen molar-refractivity contribution in [2.45, 2.75) is 26.3 Å². The van der Waals surface area contributed by atoms with E-state index in [1.54, 1.807) is 11.9 Å². The molecule has 4 heteroatoms. The van der Waals surface area contributed by atoms with Crippen molar-refractivity contribution < 1.29 is 0 Å². The molecule has 126 valence electrons. The number of nitrogens with zero attached hydrogens (tertiary/aromatic N) is 1. The van der Waals surface area contributed by atoms with Crippen LogP contribution in [0.5, 0.6) is 0 Å². The SMILES string of the molecule is CCC/C=C1\c2c(Cl)cc(-c3cccc(NSC)c3)cc2CN1C. The molecule has 0 radical (unpaired) electrons. The van der Waals surface area contributed by atoms with E-state index in [1.807, 2.05) is 6.26 Å². The highest BCUT2D eigenvalue weighted by Gasteiger charge is 2.24. The topological polar surface area (TPSA) is 15.3 Å². The van der Waals surface area contributed by atoms with Gasteiger partial charge in [-0.3, -0.25) is 0 Å². The largest absolute Gasteiger partial charge is 0.370 e. The summed E-state index contributed by atoms with van der Waals surface area (Å²) in [5.74, 6) is 0. The van der Waals surface area contributed by atoms with Crippen LogP contribution >= 0.6 is 23.5 Å². The van der Waals surface area contributed by atoms with Crippen LogP contribution < -0.4 is 4.72 Å². The fourth-order valence-corrected chi connectivity index (χ4v) is 3.89. The van der Waals surface area contributed by atoms with Crippen LogP contribution in [-0.4, -0.2) is 18.2 Å². The zero-order chi connectivity index (χ0) is 17.1. The summed E-state index contributed by atoms with van der Waals surface area (Å²) in [7, 11) is 2.14. The molecule has 1 aliphatic heterocycles. The van der Waals surface area contributed by atoms with Crippen LogP contribution in [0.15, 0.2) is 42.5 Å². The molecule has 3 rings (SSSR count). The lowest BCUT2D eigenvalue weighted by molar-refractivity contribution is 0.499. The summed E-state index contributed by atoms with van der Waals surface area (Å²) in [6.45, 7) is 3.12. The van der Waals surface area contributed by atoms with Crippen molar-refractivity contribution in [3.8, 4) is 11.1 Å². The summed E-state index contributed by atoms with van der Waals surface area (Å²) in [5, 5.41) is 0.845. The molecule has 0 fully saturated rings. The number of hydrogen-bond acceptors (Lipinski definition) is 3. The number of unbranched alkanes of at least 4 members (excludes halogenated alkanes) is 1. The van der Waals surface area contributed by atoms with Crippen molar-refractivity contribution in [1.29, 1.82) is 0 Å². The minimum Gasteiger partial charge on any atom is -0.370 e. The first kappa shape index (κ1) is 17.2. The second-order valence-electron chi connectivity index (χ2n) is 6.11. The van der Waals surface area contributed by atoms with E-state index in [0.29, 0.717) is 0 Å². The van der Waals surface area contributed by atoms with Crippen LogP contribution in [0.4, 0.5) is 5.69 Å². The summed E-state index contributed by atoms with van der Waals surface area (Å²) >= 11 is 8.28. The molecule has 0 saturated heterocycles. The molecule has 2 aromatic carbocycles. The smallest absolute Gasteiger partial charge is 0.0508 e. The lowest BCUT2D eigenvalue weighted by Gasteiger charge is -2.13. The van der Waals surface area contributed by atoms with Gasteiger partial charge in [0.25, 0.3) is 0 Å². The Labute approximate surface area is 154 Å². The molecule has 0 spiro atoms. The van der Waals surface area contributed by atoms with E-state index in [9.17, 15) is 0 Å². The molecule has 0 aromatic heterocycles. The molecular weight excluding hydrogens is 336 g/mol. The van der Waals surface area contributed by atoms with Gasteiger partial charge in [0.15, 0.2) is 0 Å². The van der Waals surface area contributed by atoms with Gasteiger partial charge in [-0.15, -0.1) is 0 Å². The minimum atomic E-state index is 0.845. The van der Waals surface area contributed by atoms with Gasteiger partial charge in [0.2, 0.25) is 0 Å². The Balaban J connectivity index is 2.01. The van der Waals surface area contributed by atoms with Gasteiger partial charge in [-0.1, -0.05) is 55.1 Å². The highest BCUT2D eigenvalue weighted by Crippen LogP contribution is 2.40. The average Bonchev–Trinajstić information content (AvgIpc) is 2.89. The van der Waals surface area contributed by atoms with E-state index >= 15 is 0 Å². The minimum absolute atomic E-state index is 0.845. The summed E-state index contributed by atoms with van der Waals surface area (Å²) in [6, 6.07) is 12.8. The number of nitrogens with one attached hydrogen (secondary N) is 1. The maximum Gasteiger partial charge on any atom is 0.0508 e. The number of allylic oxidation sites excluding steroid dienone is 1. The summed E-state index contributed by atoms with van der Waals surface area (Å²) < 4.78 is 3.29. The van der Waals surface area contributed by atoms with Crippen molar-refractivity contribution in [3.63, 3.8) is 0 Å². The Kier molecular flexibility index (Phi) is 5.42. The van der Waals surface area contributed by atoms with Crippen LogP contribution in [0.1, 0.15) is 30.9 Å². The zero-order valence-corrected chi connectivity index (χ0v) is 16.0. The molecular formula is C20H23ClN2S. The van der Waals surface area contributed by atoms with Gasteiger partial charge >= 0.3 is 0 Å². The van der Waals surface area contributed by atoms with Gasteiger partial charge < -0.3 is 9.62 Å². The van der Waals surface area contributed by atoms with E-state index in [0.717, 1.165) is 30.1 Å². The number of rotatable bonds is 5. The Bertz CT molecular complexity index is 770. The maximum absolute atomic E-state index is 6.68. The average molecular weight is 359 g/mol. The molecule has 0 aliphatic carbocycles. The molecule has 1 heterocycles. The van der Waals surface area contributed by atoms with Crippen LogP contribution in [-0.2, 0) is 6.54 Å². The van der Waals surface area contributed by atoms with E-state index in [1.165, 1.54) is 28.0 Å². The van der Waals surface area contributed by atoms with Crippen LogP contribution in [0.3, 0.4) is 0 Å². The number of anilines is 1. The standard InChI is InChI=1S/C20H23ClN2S/c1-4-5-9-19-20-16(13-23(19)2)10-15(12-18(20)21)14-7-6-8-17(11-14)22-24-3/h6-12,22H,4-5,13H2,1-3H3/b19-9+. The van der Waals surface area contributed by atoms with Crippen molar-refractivity contribution in [1.82, 2.24) is 4.90 Å². The van der Waals surface area contributed by atoms with Gasteiger partial charge in [-0.25, -0.2) is 0 Å². The second kappa shape index (κ2) is 7.54.